The van der Waals surface area contributed by atoms with E-state index in [1.54, 1.807) is 24.1 Å². The van der Waals surface area contributed by atoms with Gasteiger partial charge in [-0.1, -0.05) is 0 Å². The Hall–Kier alpha value is -2.04. The van der Waals surface area contributed by atoms with E-state index in [0.717, 1.165) is 5.69 Å². The third-order valence-electron chi connectivity index (χ3n) is 2.45. The van der Waals surface area contributed by atoms with E-state index < -0.39 is 0 Å². The average molecular weight is 218 g/mol. The van der Waals surface area contributed by atoms with Crippen molar-refractivity contribution in [2.24, 2.45) is 14.1 Å². The van der Waals surface area contributed by atoms with E-state index in [1.807, 2.05) is 29.9 Å². The topological polar surface area (TPSA) is 51.9 Å². The molecule has 0 fully saturated rings. The lowest BCUT2D eigenvalue weighted by molar-refractivity contribution is 0.0950. The molecule has 0 aromatic carbocycles. The number of carbonyl (C=O) groups excluding carboxylic acids is 1. The summed E-state index contributed by atoms with van der Waals surface area (Å²) >= 11 is 0. The highest BCUT2D eigenvalue weighted by atomic mass is 16.1. The molecule has 0 radical (unpaired) electrons. The molecule has 0 spiro atoms. The predicted molar refractivity (Wildman–Crippen MR) is 59.8 cm³/mol. The zero-order chi connectivity index (χ0) is 11.5. The van der Waals surface area contributed by atoms with Crippen molar-refractivity contribution in [2.45, 2.75) is 6.54 Å². The normalized spacial score (nSPS) is 10.4. The minimum absolute atomic E-state index is 0.102. The Morgan fingerprint density at radius 3 is 2.88 bits per heavy atom. The van der Waals surface area contributed by atoms with Crippen LogP contribution in [0.4, 0.5) is 0 Å². The summed E-state index contributed by atoms with van der Waals surface area (Å²) in [5.74, 6) is -0.102. The summed E-state index contributed by atoms with van der Waals surface area (Å²) in [5, 5.41) is 6.79. The molecule has 5 heteroatoms. The van der Waals surface area contributed by atoms with Crippen LogP contribution in [0.3, 0.4) is 0 Å². The molecule has 16 heavy (non-hydrogen) atoms. The van der Waals surface area contributed by atoms with Crippen molar-refractivity contribution in [1.82, 2.24) is 19.7 Å². The molecule has 1 N–H and O–H groups in total. The fourth-order valence-corrected chi connectivity index (χ4v) is 1.49. The molecule has 1 amide bonds. The Bertz CT molecular complexity index is 498. The van der Waals surface area contributed by atoms with Gasteiger partial charge in [0.1, 0.15) is 0 Å². The maximum absolute atomic E-state index is 11.7. The summed E-state index contributed by atoms with van der Waals surface area (Å²) in [6.07, 6.45) is 5.20. The van der Waals surface area contributed by atoms with Gasteiger partial charge < -0.3 is 9.88 Å². The van der Waals surface area contributed by atoms with Crippen molar-refractivity contribution in [3.63, 3.8) is 0 Å². The van der Waals surface area contributed by atoms with Crippen molar-refractivity contribution in [3.8, 4) is 0 Å². The SMILES string of the molecule is Cn1cc(C(=O)NCc2cccn2C)cn1. The lowest BCUT2D eigenvalue weighted by Crippen LogP contribution is -2.23. The smallest absolute Gasteiger partial charge is 0.254 e. The molecule has 0 aliphatic carbocycles. The lowest BCUT2D eigenvalue weighted by atomic mass is 10.3. The maximum atomic E-state index is 11.7. The second-order valence-electron chi connectivity index (χ2n) is 3.70. The van der Waals surface area contributed by atoms with Gasteiger partial charge in [-0.15, -0.1) is 0 Å². The number of hydrogen-bond acceptors (Lipinski definition) is 2. The quantitative estimate of drug-likeness (QED) is 0.824. The van der Waals surface area contributed by atoms with E-state index >= 15 is 0 Å². The molecule has 2 rings (SSSR count). The summed E-state index contributed by atoms with van der Waals surface area (Å²) in [6.45, 7) is 0.525. The number of rotatable bonds is 3. The summed E-state index contributed by atoms with van der Waals surface area (Å²) in [7, 11) is 3.74. The first-order chi connectivity index (χ1) is 7.66. The van der Waals surface area contributed by atoms with Crippen LogP contribution in [0.25, 0.3) is 0 Å². The van der Waals surface area contributed by atoms with E-state index in [9.17, 15) is 4.79 Å². The summed E-state index contributed by atoms with van der Waals surface area (Å²) in [6, 6.07) is 3.93. The van der Waals surface area contributed by atoms with E-state index in [2.05, 4.69) is 10.4 Å². The van der Waals surface area contributed by atoms with Crippen LogP contribution in [0, 0.1) is 0 Å². The number of aromatic nitrogens is 3. The minimum atomic E-state index is -0.102. The van der Waals surface area contributed by atoms with Gasteiger partial charge in [-0.3, -0.25) is 9.48 Å². The Morgan fingerprint density at radius 2 is 2.31 bits per heavy atom. The van der Waals surface area contributed by atoms with Crippen molar-refractivity contribution >= 4 is 5.91 Å². The van der Waals surface area contributed by atoms with Gasteiger partial charge in [0.05, 0.1) is 18.3 Å². The molecule has 0 saturated heterocycles. The number of nitrogens with zero attached hydrogens (tertiary/aromatic N) is 3. The Morgan fingerprint density at radius 1 is 1.50 bits per heavy atom. The van der Waals surface area contributed by atoms with Gasteiger partial charge in [0, 0.05) is 32.2 Å². The Kier molecular flexibility index (Phi) is 2.76. The van der Waals surface area contributed by atoms with Crippen LogP contribution in [0.5, 0.6) is 0 Å². The Balaban J connectivity index is 1.96. The highest BCUT2D eigenvalue weighted by molar-refractivity contribution is 5.93. The van der Waals surface area contributed by atoms with Crippen molar-refractivity contribution in [2.75, 3.05) is 0 Å². The maximum Gasteiger partial charge on any atom is 0.254 e. The van der Waals surface area contributed by atoms with E-state index in [1.165, 1.54) is 0 Å². The van der Waals surface area contributed by atoms with Gasteiger partial charge in [0.2, 0.25) is 0 Å². The first-order valence-corrected chi connectivity index (χ1v) is 5.04. The number of nitrogens with one attached hydrogen (secondary N) is 1. The monoisotopic (exact) mass is 218 g/mol. The second kappa shape index (κ2) is 4.22. The van der Waals surface area contributed by atoms with Crippen LogP contribution in [-0.2, 0) is 20.6 Å². The summed E-state index contributed by atoms with van der Waals surface area (Å²) < 4.78 is 3.58. The zero-order valence-corrected chi connectivity index (χ0v) is 9.34. The van der Waals surface area contributed by atoms with Crippen LogP contribution in [0.1, 0.15) is 16.1 Å². The molecular weight excluding hydrogens is 204 g/mol. The number of amides is 1. The molecular formula is C11H14N4O. The van der Waals surface area contributed by atoms with Crippen LogP contribution in [-0.4, -0.2) is 20.3 Å². The molecule has 84 valence electrons. The molecule has 0 atom stereocenters. The summed E-state index contributed by atoms with van der Waals surface area (Å²) in [4.78, 5) is 11.7. The van der Waals surface area contributed by atoms with Crippen LogP contribution >= 0.6 is 0 Å². The highest BCUT2D eigenvalue weighted by Crippen LogP contribution is 2.00. The van der Waals surface area contributed by atoms with Crippen molar-refractivity contribution in [1.29, 1.82) is 0 Å². The highest BCUT2D eigenvalue weighted by Gasteiger charge is 2.07. The molecule has 0 aliphatic rings. The lowest BCUT2D eigenvalue weighted by Gasteiger charge is -2.04. The predicted octanol–water partition coefficient (Wildman–Crippen LogP) is 0.689. The standard InChI is InChI=1S/C11H14N4O/c1-14-5-3-4-10(14)7-12-11(16)9-6-13-15(2)8-9/h3-6,8H,7H2,1-2H3,(H,12,16). The van der Waals surface area contributed by atoms with E-state index in [4.69, 9.17) is 0 Å². The number of aryl methyl sites for hydroxylation is 2. The van der Waals surface area contributed by atoms with Crippen LogP contribution in [0.2, 0.25) is 0 Å². The van der Waals surface area contributed by atoms with E-state index in [0.29, 0.717) is 12.1 Å². The largest absolute Gasteiger partial charge is 0.353 e. The number of hydrogen-bond donors (Lipinski definition) is 1. The van der Waals surface area contributed by atoms with Gasteiger partial charge in [0.25, 0.3) is 5.91 Å². The van der Waals surface area contributed by atoms with Gasteiger partial charge >= 0.3 is 0 Å². The average Bonchev–Trinajstić information content (AvgIpc) is 2.84. The van der Waals surface area contributed by atoms with Gasteiger partial charge in [-0.05, 0) is 12.1 Å². The van der Waals surface area contributed by atoms with Gasteiger partial charge in [-0.25, -0.2) is 0 Å². The molecule has 0 saturated carbocycles. The molecule has 2 aromatic heterocycles. The van der Waals surface area contributed by atoms with Crippen molar-refractivity contribution < 1.29 is 4.79 Å². The fraction of sp³-hybridized carbons (Fsp3) is 0.273. The molecule has 0 bridgehead atoms. The zero-order valence-electron chi connectivity index (χ0n) is 9.34. The number of carbonyl (C=O) groups is 1. The molecule has 2 aromatic rings. The molecule has 2 heterocycles. The van der Waals surface area contributed by atoms with Gasteiger partial charge in [-0.2, -0.15) is 5.10 Å². The van der Waals surface area contributed by atoms with Crippen LogP contribution in [0.15, 0.2) is 30.7 Å². The van der Waals surface area contributed by atoms with Crippen LogP contribution < -0.4 is 5.32 Å². The minimum Gasteiger partial charge on any atom is -0.353 e. The fourth-order valence-electron chi connectivity index (χ4n) is 1.49. The molecule has 5 nitrogen and oxygen atoms in total. The second-order valence-corrected chi connectivity index (χ2v) is 3.70. The third kappa shape index (κ3) is 2.13. The first-order valence-electron chi connectivity index (χ1n) is 5.04. The summed E-state index contributed by atoms with van der Waals surface area (Å²) in [5.41, 5.74) is 1.65. The van der Waals surface area contributed by atoms with E-state index in [-0.39, 0.29) is 5.91 Å². The van der Waals surface area contributed by atoms with Gasteiger partial charge in [0.15, 0.2) is 0 Å². The van der Waals surface area contributed by atoms with Crippen molar-refractivity contribution in [3.05, 3.63) is 42.0 Å². The molecule has 0 aliphatic heterocycles. The Labute approximate surface area is 93.7 Å². The third-order valence-corrected chi connectivity index (χ3v) is 2.45. The molecule has 0 unspecified atom stereocenters. The first kappa shape index (κ1) is 10.5.